The summed E-state index contributed by atoms with van der Waals surface area (Å²) in [5.74, 6) is 0.799. The third-order valence-corrected chi connectivity index (χ3v) is 2.87. The van der Waals surface area contributed by atoms with Gasteiger partial charge >= 0.3 is 0 Å². The Bertz CT molecular complexity index is 434. The van der Waals surface area contributed by atoms with Gasteiger partial charge in [-0.25, -0.2) is 0 Å². The van der Waals surface area contributed by atoms with E-state index in [9.17, 15) is 9.90 Å². The molecule has 0 bridgehead atoms. The molecule has 0 aromatic heterocycles. The molecular weight excluding hydrogens is 220 g/mol. The lowest BCUT2D eigenvalue weighted by atomic mass is 10.1. The zero-order chi connectivity index (χ0) is 12.4. The van der Waals surface area contributed by atoms with Crippen LogP contribution in [0.4, 0.5) is 0 Å². The molecule has 2 atom stereocenters. The molecular formula is C12H16N2O3. The number of nitrogens with one attached hydrogen (secondary N) is 2. The molecule has 2 unspecified atom stereocenters. The molecule has 2 rings (SSSR count). The first-order valence-electron chi connectivity index (χ1n) is 5.55. The van der Waals surface area contributed by atoms with E-state index in [0.29, 0.717) is 12.4 Å². The maximum absolute atomic E-state index is 11.4. The number of likely N-dealkylation sites (N-methyl/N-ethyl adjacent to an activating group) is 1. The number of rotatable bonds is 3. The Morgan fingerprint density at radius 1 is 1.59 bits per heavy atom. The Kier molecular flexibility index (Phi) is 3.19. The van der Waals surface area contributed by atoms with Crippen LogP contribution in [-0.4, -0.2) is 30.7 Å². The van der Waals surface area contributed by atoms with E-state index in [2.05, 4.69) is 10.6 Å². The summed E-state index contributed by atoms with van der Waals surface area (Å²) in [7, 11) is 1.61. The molecule has 1 aromatic carbocycles. The number of aromatic hydroxyl groups is 1. The van der Waals surface area contributed by atoms with Gasteiger partial charge in [-0.05, 0) is 19.1 Å². The topological polar surface area (TPSA) is 70.6 Å². The fourth-order valence-corrected chi connectivity index (χ4v) is 1.93. The van der Waals surface area contributed by atoms with E-state index in [4.69, 9.17) is 4.74 Å². The maximum Gasteiger partial charge on any atom is 0.236 e. The molecule has 1 aromatic rings. The fraction of sp³-hybridized carbons (Fsp3) is 0.417. The summed E-state index contributed by atoms with van der Waals surface area (Å²) < 4.78 is 5.45. The zero-order valence-electron chi connectivity index (χ0n) is 9.86. The van der Waals surface area contributed by atoms with E-state index in [0.717, 1.165) is 5.56 Å². The zero-order valence-corrected chi connectivity index (χ0v) is 9.86. The van der Waals surface area contributed by atoms with Gasteiger partial charge in [0.1, 0.15) is 18.1 Å². The number of amides is 1. The highest BCUT2D eigenvalue weighted by Gasteiger charge is 2.26. The smallest absolute Gasteiger partial charge is 0.236 e. The Morgan fingerprint density at radius 3 is 3.06 bits per heavy atom. The lowest BCUT2D eigenvalue weighted by Gasteiger charge is -2.17. The molecule has 5 heteroatoms. The van der Waals surface area contributed by atoms with Gasteiger partial charge in [0.05, 0.1) is 12.1 Å². The molecule has 0 radical (unpaired) electrons. The van der Waals surface area contributed by atoms with Gasteiger partial charge in [0, 0.05) is 18.7 Å². The average molecular weight is 236 g/mol. The van der Waals surface area contributed by atoms with Gasteiger partial charge in [-0.1, -0.05) is 0 Å². The normalized spacial score (nSPS) is 19.3. The van der Waals surface area contributed by atoms with Crippen molar-refractivity contribution in [1.82, 2.24) is 10.6 Å². The van der Waals surface area contributed by atoms with Crippen LogP contribution >= 0.6 is 0 Å². The molecule has 3 N–H and O–H groups in total. The first kappa shape index (κ1) is 11.7. The van der Waals surface area contributed by atoms with Crippen molar-refractivity contribution in [1.29, 1.82) is 0 Å². The summed E-state index contributed by atoms with van der Waals surface area (Å²) in [4.78, 5) is 11.4. The highest BCUT2D eigenvalue weighted by molar-refractivity contribution is 5.81. The third-order valence-electron chi connectivity index (χ3n) is 2.87. The van der Waals surface area contributed by atoms with E-state index in [1.165, 1.54) is 0 Å². The predicted octanol–water partition coefficient (Wildman–Crippen LogP) is 0.550. The quantitative estimate of drug-likeness (QED) is 0.716. The highest BCUT2D eigenvalue weighted by atomic mass is 16.5. The molecule has 92 valence electrons. The standard InChI is InChI=1S/C12H16N2O3/c1-7(12(16)13-2)14-10-6-17-11-5-8(15)3-4-9(10)11/h3-5,7,10,14-15H,6H2,1-2H3,(H,13,16). The Hall–Kier alpha value is -1.75. The molecule has 17 heavy (non-hydrogen) atoms. The molecule has 1 aliphatic rings. The van der Waals surface area contributed by atoms with Crippen LogP contribution in [-0.2, 0) is 4.79 Å². The molecule has 1 heterocycles. The molecule has 5 nitrogen and oxygen atoms in total. The molecule has 0 fully saturated rings. The predicted molar refractivity (Wildman–Crippen MR) is 63.0 cm³/mol. The number of phenols is 1. The molecule has 0 aliphatic carbocycles. The van der Waals surface area contributed by atoms with Crippen LogP contribution in [0.2, 0.25) is 0 Å². The summed E-state index contributed by atoms with van der Waals surface area (Å²) in [6, 6.07) is 4.71. The van der Waals surface area contributed by atoms with Gasteiger partial charge in [-0.3, -0.25) is 10.1 Å². The van der Waals surface area contributed by atoms with Crippen LogP contribution in [0.3, 0.4) is 0 Å². The first-order chi connectivity index (χ1) is 8.11. The molecule has 0 spiro atoms. The fourth-order valence-electron chi connectivity index (χ4n) is 1.93. The number of carbonyl (C=O) groups excluding carboxylic acids is 1. The van der Waals surface area contributed by atoms with Gasteiger partial charge in [0.2, 0.25) is 5.91 Å². The van der Waals surface area contributed by atoms with Gasteiger partial charge in [0.25, 0.3) is 0 Å². The van der Waals surface area contributed by atoms with Crippen LogP contribution < -0.4 is 15.4 Å². The number of phenolic OH excluding ortho intramolecular Hbond substituents is 1. The van der Waals surface area contributed by atoms with Crippen molar-refractivity contribution >= 4 is 5.91 Å². The third kappa shape index (κ3) is 2.34. The lowest BCUT2D eigenvalue weighted by Crippen LogP contribution is -2.42. The minimum absolute atomic E-state index is 0.0158. The lowest BCUT2D eigenvalue weighted by molar-refractivity contribution is -0.122. The summed E-state index contributed by atoms with van der Waals surface area (Å²) in [6.45, 7) is 2.28. The van der Waals surface area contributed by atoms with E-state index < -0.39 is 0 Å². The Labute approximate surface area is 99.8 Å². The van der Waals surface area contributed by atoms with Crippen molar-refractivity contribution < 1.29 is 14.6 Å². The summed E-state index contributed by atoms with van der Waals surface area (Å²) in [5.41, 5.74) is 0.971. The van der Waals surface area contributed by atoms with Crippen LogP contribution in [0.1, 0.15) is 18.5 Å². The second-order valence-electron chi connectivity index (χ2n) is 4.09. The van der Waals surface area contributed by atoms with E-state index in [1.807, 2.05) is 6.07 Å². The monoisotopic (exact) mass is 236 g/mol. The highest BCUT2D eigenvalue weighted by Crippen LogP contribution is 2.34. The maximum atomic E-state index is 11.4. The average Bonchev–Trinajstić information content (AvgIpc) is 2.70. The van der Waals surface area contributed by atoms with Crippen LogP contribution in [0.5, 0.6) is 11.5 Å². The minimum Gasteiger partial charge on any atom is -0.508 e. The molecule has 1 aliphatic heterocycles. The van der Waals surface area contributed by atoms with Crippen molar-refractivity contribution in [2.75, 3.05) is 13.7 Å². The van der Waals surface area contributed by atoms with Crippen LogP contribution in [0.25, 0.3) is 0 Å². The minimum atomic E-state index is -0.284. The van der Waals surface area contributed by atoms with E-state index in [-0.39, 0.29) is 23.7 Å². The van der Waals surface area contributed by atoms with Crippen LogP contribution in [0.15, 0.2) is 18.2 Å². The number of benzene rings is 1. The number of ether oxygens (including phenoxy) is 1. The number of fused-ring (bicyclic) bond motifs is 1. The van der Waals surface area contributed by atoms with Crippen LogP contribution in [0, 0.1) is 0 Å². The van der Waals surface area contributed by atoms with Gasteiger partial charge in [-0.15, -0.1) is 0 Å². The Morgan fingerprint density at radius 2 is 2.35 bits per heavy atom. The second kappa shape index (κ2) is 4.63. The Balaban J connectivity index is 2.09. The number of hydrogen-bond donors (Lipinski definition) is 3. The largest absolute Gasteiger partial charge is 0.508 e. The second-order valence-corrected chi connectivity index (χ2v) is 4.09. The van der Waals surface area contributed by atoms with Gasteiger partial charge in [0.15, 0.2) is 0 Å². The van der Waals surface area contributed by atoms with Gasteiger partial charge < -0.3 is 15.2 Å². The number of hydrogen-bond acceptors (Lipinski definition) is 4. The summed E-state index contributed by atoms with van der Waals surface area (Å²) >= 11 is 0. The molecule has 0 saturated heterocycles. The van der Waals surface area contributed by atoms with Crippen molar-refractivity contribution in [3.8, 4) is 11.5 Å². The first-order valence-corrected chi connectivity index (χ1v) is 5.55. The molecule has 0 saturated carbocycles. The summed E-state index contributed by atoms with van der Waals surface area (Å²) in [6.07, 6.45) is 0. The van der Waals surface area contributed by atoms with E-state index >= 15 is 0 Å². The number of carbonyl (C=O) groups is 1. The SMILES string of the molecule is CNC(=O)C(C)NC1COc2cc(O)ccc21. The van der Waals surface area contributed by atoms with Crippen molar-refractivity contribution in [3.05, 3.63) is 23.8 Å². The molecule has 1 amide bonds. The van der Waals surface area contributed by atoms with E-state index in [1.54, 1.807) is 26.1 Å². The summed E-state index contributed by atoms with van der Waals surface area (Å²) in [5, 5.41) is 15.1. The van der Waals surface area contributed by atoms with Crippen molar-refractivity contribution in [2.45, 2.75) is 19.0 Å². The van der Waals surface area contributed by atoms with Gasteiger partial charge in [-0.2, -0.15) is 0 Å². The van der Waals surface area contributed by atoms with Crippen molar-refractivity contribution in [3.63, 3.8) is 0 Å². The van der Waals surface area contributed by atoms with Crippen molar-refractivity contribution in [2.24, 2.45) is 0 Å².